The van der Waals surface area contributed by atoms with Crippen LogP contribution in [0.3, 0.4) is 0 Å². The van der Waals surface area contributed by atoms with Gasteiger partial charge in [0.1, 0.15) is 24.7 Å². The van der Waals surface area contributed by atoms with Gasteiger partial charge in [-0.25, -0.2) is 14.8 Å². The van der Waals surface area contributed by atoms with E-state index in [1.54, 1.807) is 49.4 Å². The minimum Gasteiger partial charge on any atom is -1.00 e. The molecule has 0 aliphatic heterocycles. The molecule has 9 heteroatoms. The third-order valence-electron chi connectivity index (χ3n) is 4.18. The number of esters is 1. The molecule has 0 N–H and O–H groups in total. The molecule has 31 heavy (non-hydrogen) atoms. The largest absolute Gasteiger partial charge is 1.00 e. The standard InChI is InChI=1S/C22H25ClN3O4.HI/c1-15(22(27)28-12-11-26(2,3)4)29-17-6-8-18(9-7-17)30-21-14-24-20-13-16(23)5-10-19(20)25-21;/h5-10,13-15H,11-12H2,1-4H3;1H/q+1;/p-1. The summed E-state index contributed by atoms with van der Waals surface area (Å²) in [6.07, 6.45) is 0.833. The second-order valence-corrected chi connectivity index (χ2v) is 8.29. The van der Waals surface area contributed by atoms with Gasteiger partial charge in [0.25, 0.3) is 0 Å². The van der Waals surface area contributed by atoms with E-state index in [1.165, 1.54) is 6.20 Å². The number of likely N-dealkylation sites (N-methyl/N-ethyl adjacent to an activating group) is 1. The highest BCUT2D eigenvalue weighted by atomic mass is 127. The number of carbonyl (C=O) groups is 1. The van der Waals surface area contributed by atoms with Gasteiger partial charge in [-0.1, -0.05) is 11.6 Å². The number of hydrogen-bond donors (Lipinski definition) is 0. The molecule has 0 amide bonds. The van der Waals surface area contributed by atoms with Gasteiger partial charge in [-0.3, -0.25) is 0 Å². The number of benzene rings is 2. The van der Waals surface area contributed by atoms with E-state index in [0.29, 0.717) is 40.0 Å². The normalized spacial score (nSPS) is 12.0. The van der Waals surface area contributed by atoms with Gasteiger partial charge in [-0.05, 0) is 49.4 Å². The lowest BCUT2D eigenvalue weighted by Crippen LogP contribution is -3.00. The van der Waals surface area contributed by atoms with Crippen LogP contribution in [0.2, 0.25) is 5.02 Å². The fourth-order valence-electron chi connectivity index (χ4n) is 2.51. The number of hydrogen-bond acceptors (Lipinski definition) is 6. The Kier molecular flexibility index (Phi) is 8.84. The van der Waals surface area contributed by atoms with E-state index in [-0.39, 0.29) is 24.0 Å². The number of carbonyl (C=O) groups excluding carboxylic acids is 1. The van der Waals surface area contributed by atoms with Crippen molar-refractivity contribution in [2.24, 2.45) is 0 Å². The Morgan fingerprint density at radius 3 is 2.42 bits per heavy atom. The van der Waals surface area contributed by atoms with Crippen LogP contribution in [0.1, 0.15) is 6.92 Å². The number of ether oxygens (including phenoxy) is 3. The number of quaternary nitrogens is 1. The molecular formula is C22H25ClIN3O4. The van der Waals surface area contributed by atoms with Crippen molar-refractivity contribution < 1.29 is 47.5 Å². The Balaban J connectivity index is 0.00000341. The maximum Gasteiger partial charge on any atom is 0.347 e. The lowest BCUT2D eigenvalue weighted by Gasteiger charge is -2.23. The second-order valence-electron chi connectivity index (χ2n) is 7.86. The van der Waals surface area contributed by atoms with E-state index < -0.39 is 12.1 Å². The van der Waals surface area contributed by atoms with E-state index >= 15 is 0 Å². The molecular weight excluding hydrogens is 533 g/mol. The van der Waals surface area contributed by atoms with Gasteiger partial charge < -0.3 is 42.7 Å². The lowest BCUT2D eigenvalue weighted by molar-refractivity contribution is -0.870. The molecule has 0 bridgehead atoms. The van der Waals surface area contributed by atoms with Crippen LogP contribution in [0.15, 0.2) is 48.7 Å². The van der Waals surface area contributed by atoms with Crippen LogP contribution >= 0.6 is 11.6 Å². The third kappa shape index (κ3) is 7.79. The Morgan fingerprint density at radius 1 is 1.06 bits per heavy atom. The summed E-state index contributed by atoms with van der Waals surface area (Å²) in [5, 5.41) is 0.604. The van der Waals surface area contributed by atoms with Crippen molar-refractivity contribution in [3.05, 3.63) is 53.7 Å². The third-order valence-corrected chi connectivity index (χ3v) is 4.41. The summed E-state index contributed by atoms with van der Waals surface area (Å²) >= 11 is 5.96. The molecule has 1 aromatic heterocycles. The average Bonchev–Trinajstić information content (AvgIpc) is 2.68. The fraction of sp³-hybridized carbons (Fsp3) is 0.318. The SMILES string of the molecule is CC(Oc1ccc(Oc2cnc3cc(Cl)ccc3n2)cc1)C(=O)OCC[N+](C)(C)C.[I-]. The monoisotopic (exact) mass is 557 g/mol. The van der Waals surface area contributed by atoms with Crippen LogP contribution in [0, 0.1) is 0 Å². The molecule has 0 saturated carbocycles. The van der Waals surface area contributed by atoms with Gasteiger partial charge in [0.05, 0.1) is 38.4 Å². The zero-order valence-corrected chi connectivity index (χ0v) is 20.8. The molecule has 0 spiro atoms. The summed E-state index contributed by atoms with van der Waals surface area (Å²) in [5.74, 6) is 1.09. The molecule has 166 valence electrons. The van der Waals surface area contributed by atoms with Crippen molar-refractivity contribution in [2.45, 2.75) is 13.0 Å². The van der Waals surface area contributed by atoms with Crippen LogP contribution in [0.5, 0.6) is 17.4 Å². The van der Waals surface area contributed by atoms with Crippen LogP contribution < -0.4 is 33.5 Å². The number of fused-ring (bicyclic) bond motifs is 1. The van der Waals surface area contributed by atoms with E-state index in [4.69, 9.17) is 25.8 Å². The van der Waals surface area contributed by atoms with Gasteiger partial charge in [0.2, 0.25) is 5.88 Å². The predicted octanol–water partition coefficient (Wildman–Crippen LogP) is 1.10. The molecule has 3 aromatic rings. The van der Waals surface area contributed by atoms with Crippen LogP contribution in [-0.4, -0.2) is 60.8 Å². The predicted molar refractivity (Wildman–Crippen MR) is 115 cm³/mol. The lowest BCUT2D eigenvalue weighted by atomic mass is 10.3. The maximum absolute atomic E-state index is 12.1. The van der Waals surface area contributed by atoms with Gasteiger partial charge >= 0.3 is 5.97 Å². The molecule has 0 saturated heterocycles. The Labute approximate surface area is 203 Å². The van der Waals surface area contributed by atoms with Crippen molar-refractivity contribution in [1.82, 2.24) is 9.97 Å². The summed E-state index contributed by atoms with van der Waals surface area (Å²) in [4.78, 5) is 20.8. The molecule has 1 heterocycles. The summed E-state index contributed by atoms with van der Waals surface area (Å²) in [6.45, 7) is 2.74. The van der Waals surface area contributed by atoms with Gasteiger partial charge in [-0.2, -0.15) is 0 Å². The Bertz CT molecular complexity index is 1030. The van der Waals surface area contributed by atoms with E-state index in [9.17, 15) is 4.79 Å². The van der Waals surface area contributed by atoms with Crippen molar-refractivity contribution in [3.63, 3.8) is 0 Å². The van der Waals surface area contributed by atoms with Gasteiger partial charge in [0.15, 0.2) is 6.10 Å². The first-order chi connectivity index (χ1) is 14.2. The molecule has 0 fully saturated rings. The molecule has 1 unspecified atom stereocenters. The summed E-state index contributed by atoms with van der Waals surface area (Å²) < 4.78 is 17.4. The number of rotatable bonds is 8. The Morgan fingerprint density at radius 2 is 1.74 bits per heavy atom. The summed E-state index contributed by atoms with van der Waals surface area (Å²) in [6, 6.07) is 12.2. The minimum absolute atomic E-state index is 0. The molecule has 1 atom stereocenters. The van der Waals surface area contributed by atoms with Crippen molar-refractivity contribution >= 4 is 28.6 Å². The highest BCUT2D eigenvalue weighted by Crippen LogP contribution is 2.25. The maximum atomic E-state index is 12.1. The molecule has 0 radical (unpaired) electrons. The van der Waals surface area contributed by atoms with Crippen LogP contribution in [0.25, 0.3) is 11.0 Å². The highest BCUT2D eigenvalue weighted by Gasteiger charge is 2.18. The first kappa shape index (κ1) is 25.1. The topological polar surface area (TPSA) is 70.5 Å². The van der Waals surface area contributed by atoms with E-state index in [0.717, 1.165) is 11.0 Å². The zero-order chi connectivity index (χ0) is 21.7. The van der Waals surface area contributed by atoms with E-state index in [1.807, 2.05) is 21.1 Å². The molecule has 0 aliphatic carbocycles. The highest BCUT2D eigenvalue weighted by molar-refractivity contribution is 6.31. The zero-order valence-electron chi connectivity index (χ0n) is 17.8. The van der Waals surface area contributed by atoms with Crippen molar-refractivity contribution in [2.75, 3.05) is 34.3 Å². The Hall–Kier alpha value is -2.17. The quantitative estimate of drug-likeness (QED) is 0.235. The van der Waals surface area contributed by atoms with Gasteiger partial charge in [-0.15, -0.1) is 0 Å². The molecule has 0 aliphatic rings. The number of aromatic nitrogens is 2. The second kappa shape index (κ2) is 10.9. The number of halogens is 2. The summed E-state index contributed by atoms with van der Waals surface area (Å²) in [7, 11) is 6.11. The van der Waals surface area contributed by atoms with Crippen molar-refractivity contribution in [3.8, 4) is 17.4 Å². The minimum atomic E-state index is -0.706. The smallest absolute Gasteiger partial charge is 0.347 e. The molecule has 2 aromatic carbocycles. The molecule has 3 rings (SSSR count). The first-order valence-electron chi connectivity index (χ1n) is 9.53. The summed E-state index contributed by atoms with van der Waals surface area (Å²) in [5.41, 5.74) is 1.38. The van der Waals surface area contributed by atoms with Crippen LogP contribution in [0.4, 0.5) is 0 Å². The van der Waals surface area contributed by atoms with E-state index in [2.05, 4.69) is 9.97 Å². The average molecular weight is 558 g/mol. The fourth-order valence-corrected chi connectivity index (χ4v) is 2.68. The van der Waals surface area contributed by atoms with Crippen molar-refractivity contribution in [1.29, 1.82) is 0 Å². The van der Waals surface area contributed by atoms with Gasteiger partial charge in [0, 0.05) is 5.02 Å². The molecule has 7 nitrogen and oxygen atoms in total. The number of nitrogens with zero attached hydrogens (tertiary/aromatic N) is 3. The first-order valence-corrected chi connectivity index (χ1v) is 9.91. The van der Waals surface area contributed by atoms with Crippen LogP contribution in [-0.2, 0) is 9.53 Å².